The highest BCUT2D eigenvalue weighted by Crippen LogP contribution is 2.36. The normalized spacial score (nSPS) is 10.8. The molecule has 26 heavy (non-hydrogen) atoms. The average Bonchev–Trinajstić information content (AvgIpc) is 2.59. The molecule has 0 amide bonds. The summed E-state index contributed by atoms with van der Waals surface area (Å²) < 4.78 is 11.0. The molecule has 2 N–H and O–H groups in total. The van der Waals surface area contributed by atoms with Crippen LogP contribution in [0.15, 0.2) is 39.9 Å². The van der Waals surface area contributed by atoms with Crippen LogP contribution in [0.3, 0.4) is 0 Å². The van der Waals surface area contributed by atoms with E-state index in [2.05, 4.69) is 26.5 Å². The van der Waals surface area contributed by atoms with Gasteiger partial charge in [-0.2, -0.15) is 5.10 Å². The van der Waals surface area contributed by atoms with E-state index in [9.17, 15) is 4.79 Å². The number of hydrazone groups is 1. The fourth-order valence-corrected chi connectivity index (χ4v) is 3.14. The molecule has 6 nitrogen and oxygen atoms in total. The molecular weight excluding hydrogens is 447 g/mol. The fraction of sp³-hybridized carbons (Fsp3) is 0.176. The SMILES string of the molecule is COc1cc(/C=N/NCc2c(Cl)cccc2Cl)cc(Br)c1OCC(=O)O. The van der Waals surface area contributed by atoms with Crippen LogP contribution in [0.1, 0.15) is 11.1 Å². The van der Waals surface area contributed by atoms with Crippen molar-refractivity contribution in [1.29, 1.82) is 0 Å². The second kappa shape index (κ2) is 9.66. The molecule has 9 heteroatoms. The molecule has 0 saturated carbocycles. The van der Waals surface area contributed by atoms with E-state index in [-0.39, 0.29) is 0 Å². The largest absolute Gasteiger partial charge is 0.493 e. The molecule has 0 aliphatic rings. The minimum Gasteiger partial charge on any atom is -0.493 e. The molecule has 0 bridgehead atoms. The topological polar surface area (TPSA) is 80.1 Å². The van der Waals surface area contributed by atoms with Gasteiger partial charge in [-0.25, -0.2) is 4.79 Å². The molecule has 0 spiro atoms. The summed E-state index contributed by atoms with van der Waals surface area (Å²) in [6.45, 7) is -0.102. The zero-order valence-electron chi connectivity index (χ0n) is 13.6. The number of carbonyl (C=O) groups is 1. The van der Waals surface area contributed by atoms with E-state index >= 15 is 0 Å². The van der Waals surface area contributed by atoms with Gasteiger partial charge in [-0.1, -0.05) is 29.3 Å². The first-order chi connectivity index (χ1) is 12.4. The summed E-state index contributed by atoms with van der Waals surface area (Å²) in [5, 5.41) is 14.0. The average molecular weight is 462 g/mol. The molecule has 0 aliphatic carbocycles. The Labute approximate surface area is 168 Å². The lowest BCUT2D eigenvalue weighted by Crippen LogP contribution is -2.10. The van der Waals surface area contributed by atoms with E-state index < -0.39 is 12.6 Å². The summed E-state index contributed by atoms with van der Waals surface area (Å²) in [5.74, 6) is -0.383. The molecule has 0 heterocycles. The predicted octanol–water partition coefficient (Wildman–Crippen LogP) is 4.35. The van der Waals surface area contributed by atoms with Crippen molar-refractivity contribution in [2.24, 2.45) is 5.10 Å². The van der Waals surface area contributed by atoms with Crippen LogP contribution in [-0.4, -0.2) is 31.0 Å². The van der Waals surface area contributed by atoms with E-state index in [1.165, 1.54) is 7.11 Å². The van der Waals surface area contributed by atoms with Gasteiger partial charge >= 0.3 is 5.97 Å². The summed E-state index contributed by atoms with van der Waals surface area (Å²) in [6.07, 6.45) is 1.58. The number of methoxy groups -OCH3 is 1. The van der Waals surface area contributed by atoms with Crippen molar-refractivity contribution in [3.8, 4) is 11.5 Å². The molecule has 0 atom stereocenters. The monoisotopic (exact) mass is 460 g/mol. The molecule has 2 rings (SSSR count). The Kier molecular flexibility index (Phi) is 7.56. The summed E-state index contributed by atoms with van der Waals surface area (Å²) in [6, 6.07) is 8.69. The van der Waals surface area contributed by atoms with Gasteiger partial charge in [0.15, 0.2) is 18.1 Å². The molecular formula is C17H15BrCl2N2O4. The number of rotatable bonds is 8. The Balaban J connectivity index is 2.08. The first-order valence-electron chi connectivity index (χ1n) is 7.33. The predicted molar refractivity (Wildman–Crippen MR) is 105 cm³/mol. The van der Waals surface area contributed by atoms with E-state index in [0.29, 0.717) is 38.1 Å². The summed E-state index contributed by atoms with van der Waals surface area (Å²) in [7, 11) is 1.47. The lowest BCUT2D eigenvalue weighted by molar-refractivity contribution is -0.139. The van der Waals surface area contributed by atoms with Gasteiger partial charge in [-0.15, -0.1) is 0 Å². The molecule has 0 unspecified atom stereocenters. The number of ether oxygens (including phenoxy) is 2. The van der Waals surface area contributed by atoms with Crippen molar-refractivity contribution >= 4 is 51.3 Å². The third kappa shape index (κ3) is 5.52. The molecule has 0 aromatic heterocycles. The van der Waals surface area contributed by atoms with Crippen LogP contribution in [0.5, 0.6) is 11.5 Å². The number of halogens is 3. The molecule has 2 aromatic carbocycles. The lowest BCUT2D eigenvalue weighted by atomic mass is 10.2. The maximum atomic E-state index is 10.7. The highest BCUT2D eigenvalue weighted by molar-refractivity contribution is 9.10. The third-order valence-corrected chi connectivity index (χ3v) is 4.51. The van der Waals surface area contributed by atoms with Crippen LogP contribution in [0.4, 0.5) is 0 Å². The Bertz CT molecular complexity index is 810. The number of carboxylic acid groups (broad SMARTS) is 1. The van der Waals surface area contributed by atoms with Gasteiger partial charge in [0.1, 0.15) is 0 Å². The number of carboxylic acids is 1. The maximum Gasteiger partial charge on any atom is 0.341 e. The van der Waals surface area contributed by atoms with E-state index in [0.717, 1.165) is 5.56 Å². The van der Waals surface area contributed by atoms with Crippen LogP contribution in [0.25, 0.3) is 0 Å². The highest BCUT2D eigenvalue weighted by Gasteiger charge is 2.12. The quantitative estimate of drug-likeness (QED) is 0.451. The third-order valence-electron chi connectivity index (χ3n) is 3.21. The van der Waals surface area contributed by atoms with Gasteiger partial charge in [-0.05, 0) is 45.8 Å². The smallest absolute Gasteiger partial charge is 0.341 e. The lowest BCUT2D eigenvalue weighted by Gasteiger charge is -2.12. The second-order valence-corrected chi connectivity index (χ2v) is 6.68. The van der Waals surface area contributed by atoms with Crippen molar-refractivity contribution in [3.05, 3.63) is 56.0 Å². The molecule has 2 aromatic rings. The summed E-state index contributed by atoms with van der Waals surface area (Å²) in [4.78, 5) is 10.7. The van der Waals surface area contributed by atoms with Gasteiger partial charge in [0, 0.05) is 15.6 Å². The Morgan fingerprint density at radius 2 is 2.04 bits per heavy atom. The van der Waals surface area contributed by atoms with E-state index in [1.807, 2.05) is 0 Å². The Morgan fingerprint density at radius 3 is 2.65 bits per heavy atom. The zero-order chi connectivity index (χ0) is 19.1. The summed E-state index contributed by atoms with van der Waals surface area (Å²) in [5.41, 5.74) is 4.35. The van der Waals surface area contributed by atoms with Gasteiger partial charge in [0.05, 0.1) is 24.3 Å². The van der Waals surface area contributed by atoms with Crippen molar-refractivity contribution in [1.82, 2.24) is 5.43 Å². The second-order valence-electron chi connectivity index (χ2n) is 5.01. The van der Waals surface area contributed by atoms with Crippen LogP contribution >= 0.6 is 39.1 Å². The maximum absolute atomic E-state index is 10.7. The molecule has 138 valence electrons. The van der Waals surface area contributed by atoms with Crippen LogP contribution in [-0.2, 0) is 11.3 Å². The zero-order valence-corrected chi connectivity index (χ0v) is 16.7. The number of benzene rings is 2. The number of hydrogen-bond acceptors (Lipinski definition) is 5. The minimum atomic E-state index is -1.08. The minimum absolute atomic E-state index is 0.308. The molecule has 0 fully saturated rings. The number of hydrogen-bond donors (Lipinski definition) is 2. The number of nitrogens with one attached hydrogen (secondary N) is 1. The Morgan fingerprint density at radius 1 is 1.35 bits per heavy atom. The van der Waals surface area contributed by atoms with Gasteiger partial charge < -0.3 is 20.0 Å². The summed E-state index contributed by atoms with van der Waals surface area (Å²) >= 11 is 15.5. The van der Waals surface area contributed by atoms with Crippen molar-refractivity contribution in [2.75, 3.05) is 13.7 Å². The molecule has 0 aliphatic heterocycles. The standard InChI is InChI=1S/C17H15BrCl2N2O4/c1-25-15-6-10(5-12(18)17(15)26-9-16(23)24)7-21-22-8-11-13(19)3-2-4-14(11)20/h2-7,22H,8-9H2,1H3,(H,23,24)/b21-7+. The number of aliphatic carboxylic acids is 1. The van der Waals surface area contributed by atoms with Crippen LogP contribution in [0, 0.1) is 0 Å². The van der Waals surface area contributed by atoms with Crippen LogP contribution in [0.2, 0.25) is 10.0 Å². The molecule has 0 radical (unpaired) electrons. The van der Waals surface area contributed by atoms with E-state index in [1.54, 1.807) is 36.5 Å². The van der Waals surface area contributed by atoms with Gasteiger partial charge in [0.2, 0.25) is 0 Å². The van der Waals surface area contributed by atoms with Crippen molar-refractivity contribution in [2.45, 2.75) is 6.54 Å². The highest BCUT2D eigenvalue weighted by atomic mass is 79.9. The fourth-order valence-electron chi connectivity index (χ4n) is 2.03. The first-order valence-corrected chi connectivity index (χ1v) is 8.88. The van der Waals surface area contributed by atoms with Crippen molar-refractivity contribution < 1.29 is 19.4 Å². The Hall–Kier alpha value is -1.96. The first kappa shape index (κ1) is 20.4. The van der Waals surface area contributed by atoms with Gasteiger partial charge in [0.25, 0.3) is 0 Å². The van der Waals surface area contributed by atoms with Crippen molar-refractivity contribution in [3.63, 3.8) is 0 Å². The number of nitrogens with zero attached hydrogens (tertiary/aromatic N) is 1. The van der Waals surface area contributed by atoms with Crippen LogP contribution < -0.4 is 14.9 Å². The van der Waals surface area contributed by atoms with Gasteiger partial charge in [-0.3, -0.25) is 0 Å². The van der Waals surface area contributed by atoms with E-state index in [4.69, 9.17) is 37.8 Å². The molecule has 0 saturated heterocycles.